The Balaban J connectivity index is 1.59. The lowest BCUT2D eigenvalue weighted by atomic mass is 9.96. The first-order valence-corrected chi connectivity index (χ1v) is 10.1. The topological polar surface area (TPSA) is 34.1 Å². The van der Waals surface area contributed by atoms with Crippen molar-refractivity contribution >= 4 is 21.6 Å². The first-order valence-electron chi connectivity index (χ1n) is 9.34. The predicted octanol–water partition coefficient (Wildman–Crippen LogP) is 5.84. The Bertz CT molecular complexity index is 1100. The number of ether oxygens (including phenoxy) is 2. The van der Waals surface area contributed by atoms with E-state index in [4.69, 9.17) is 14.6 Å². The Kier molecular flexibility index (Phi) is 4.51. The maximum Gasteiger partial charge on any atom is 0.213 e. The lowest BCUT2D eigenvalue weighted by molar-refractivity contribution is -0.0191. The number of methoxy groups -OCH3 is 1. The van der Waals surface area contributed by atoms with Crippen LogP contribution in [0.4, 0.5) is 4.39 Å². The van der Waals surface area contributed by atoms with Gasteiger partial charge in [-0.3, -0.25) is 0 Å². The molecule has 0 aromatic heterocycles. The van der Waals surface area contributed by atoms with Gasteiger partial charge in [0.15, 0.2) is 0 Å². The zero-order valence-electron chi connectivity index (χ0n) is 15.7. The molecule has 0 amide bonds. The third-order valence-electron chi connectivity index (χ3n) is 5.31. The van der Waals surface area contributed by atoms with E-state index >= 15 is 0 Å². The number of hydrazone groups is 1. The van der Waals surface area contributed by atoms with Gasteiger partial charge in [0, 0.05) is 27.6 Å². The Morgan fingerprint density at radius 1 is 1.10 bits per heavy atom. The second-order valence-electron chi connectivity index (χ2n) is 7.08. The Labute approximate surface area is 176 Å². The first kappa shape index (κ1) is 18.2. The van der Waals surface area contributed by atoms with Crippen LogP contribution < -0.4 is 9.47 Å². The molecule has 3 aromatic rings. The molecule has 2 atom stereocenters. The summed E-state index contributed by atoms with van der Waals surface area (Å²) in [6.07, 6.45) is 0.329. The highest BCUT2D eigenvalue weighted by Gasteiger charge is 2.41. The van der Waals surface area contributed by atoms with Crippen LogP contribution >= 0.6 is 15.9 Å². The summed E-state index contributed by atoms with van der Waals surface area (Å²) < 4.78 is 26.1. The molecule has 2 aliphatic rings. The van der Waals surface area contributed by atoms with E-state index in [2.05, 4.69) is 22.0 Å². The van der Waals surface area contributed by atoms with Crippen molar-refractivity contribution in [2.45, 2.75) is 18.7 Å². The molecule has 3 aromatic carbocycles. The van der Waals surface area contributed by atoms with Crippen molar-refractivity contribution < 1.29 is 13.9 Å². The second-order valence-corrected chi connectivity index (χ2v) is 8.00. The van der Waals surface area contributed by atoms with Gasteiger partial charge in [0.2, 0.25) is 6.23 Å². The maximum atomic E-state index is 13.5. The molecular formula is C23H18BrFN2O2. The van der Waals surface area contributed by atoms with Crippen molar-refractivity contribution in [3.05, 3.63) is 93.7 Å². The van der Waals surface area contributed by atoms with E-state index in [1.807, 2.05) is 41.4 Å². The molecule has 0 aliphatic carbocycles. The highest BCUT2D eigenvalue weighted by molar-refractivity contribution is 9.10. The first-order chi connectivity index (χ1) is 14.1. The normalized spacial score (nSPS) is 19.8. The molecular weight excluding hydrogens is 435 g/mol. The van der Waals surface area contributed by atoms with Crippen LogP contribution in [0.25, 0.3) is 0 Å². The lowest BCUT2D eigenvalue weighted by Crippen LogP contribution is -2.33. The summed E-state index contributed by atoms with van der Waals surface area (Å²) in [6.45, 7) is 0. The minimum Gasteiger partial charge on any atom is -0.497 e. The van der Waals surface area contributed by atoms with E-state index in [0.717, 1.165) is 44.8 Å². The Morgan fingerprint density at radius 2 is 1.93 bits per heavy atom. The van der Waals surface area contributed by atoms with Gasteiger partial charge in [-0.2, -0.15) is 5.10 Å². The van der Waals surface area contributed by atoms with Gasteiger partial charge in [0.1, 0.15) is 17.3 Å². The molecule has 0 bridgehead atoms. The Hall–Kier alpha value is -2.86. The molecule has 0 spiro atoms. The average Bonchev–Trinajstić information content (AvgIpc) is 3.20. The number of fused-ring (bicyclic) bond motifs is 3. The van der Waals surface area contributed by atoms with E-state index in [1.54, 1.807) is 19.2 Å². The monoisotopic (exact) mass is 452 g/mol. The predicted molar refractivity (Wildman–Crippen MR) is 113 cm³/mol. The van der Waals surface area contributed by atoms with Crippen LogP contribution in [0.5, 0.6) is 11.5 Å². The molecule has 2 unspecified atom stereocenters. The fourth-order valence-electron chi connectivity index (χ4n) is 3.88. The number of hydrogen-bond acceptors (Lipinski definition) is 4. The standard InChI is InChI=1S/C23H18BrFN2O2/c1-28-18-4-2-3-15(11-18)20-13-21-19-12-16(24)7-10-22(19)29-23(27(21)26-20)14-5-8-17(25)9-6-14/h2-12,21,23H,13H2,1H3. The summed E-state index contributed by atoms with van der Waals surface area (Å²) in [5, 5.41) is 6.91. The molecule has 29 heavy (non-hydrogen) atoms. The molecule has 0 radical (unpaired) electrons. The summed E-state index contributed by atoms with van der Waals surface area (Å²) in [7, 11) is 1.66. The molecule has 0 saturated heterocycles. The SMILES string of the molecule is COc1cccc(C2=NN3C(C2)c2cc(Br)ccc2OC3c2ccc(F)cc2)c1. The number of benzene rings is 3. The van der Waals surface area contributed by atoms with E-state index in [0.29, 0.717) is 0 Å². The molecule has 0 N–H and O–H groups in total. The molecule has 4 nitrogen and oxygen atoms in total. The van der Waals surface area contributed by atoms with Crippen LogP contribution in [-0.2, 0) is 0 Å². The zero-order chi connectivity index (χ0) is 20.0. The molecule has 5 rings (SSSR count). The van der Waals surface area contributed by atoms with Crippen molar-refractivity contribution in [3.8, 4) is 11.5 Å². The quantitative estimate of drug-likeness (QED) is 0.500. The third-order valence-corrected chi connectivity index (χ3v) is 5.80. The van der Waals surface area contributed by atoms with Gasteiger partial charge in [0.25, 0.3) is 0 Å². The van der Waals surface area contributed by atoms with E-state index < -0.39 is 6.23 Å². The van der Waals surface area contributed by atoms with Crippen LogP contribution in [0.3, 0.4) is 0 Å². The smallest absolute Gasteiger partial charge is 0.213 e. The van der Waals surface area contributed by atoms with Gasteiger partial charge in [0.05, 0.1) is 18.9 Å². The van der Waals surface area contributed by atoms with Crippen LogP contribution in [0.1, 0.15) is 35.4 Å². The van der Waals surface area contributed by atoms with Gasteiger partial charge in [-0.25, -0.2) is 9.40 Å². The van der Waals surface area contributed by atoms with Crippen LogP contribution in [0, 0.1) is 5.82 Å². The van der Waals surface area contributed by atoms with Gasteiger partial charge in [-0.1, -0.05) is 40.2 Å². The van der Waals surface area contributed by atoms with Crippen LogP contribution in [0.2, 0.25) is 0 Å². The van der Waals surface area contributed by atoms with Crippen LogP contribution in [-0.4, -0.2) is 17.8 Å². The number of halogens is 2. The highest BCUT2D eigenvalue weighted by atomic mass is 79.9. The lowest BCUT2D eigenvalue weighted by Gasteiger charge is -2.38. The van der Waals surface area contributed by atoms with Crippen molar-refractivity contribution in [2.75, 3.05) is 7.11 Å². The molecule has 6 heteroatoms. The molecule has 0 fully saturated rings. The summed E-state index contributed by atoms with van der Waals surface area (Å²) in [5.41, 5.74) is 3.94. The summed E-state index contributed by atoms with van der Waals surface area (Å²) >= 11 is 3.56. The third kappa shape index (κ3) is 3.27. The van der Waals surface area contributed by atoms with Crippen molar-refractivity contribution in [2.24, 2.45) is 5.10 Å². The Morgan fingerprint density at radius 3 is 2.72 bits per heavy atom. The van der Waals surface area contributed by atoms with E-state index in [-0.39, 0.29) is 11.9 Å². The van der Waals surface area contributed by atoms with Gasteiger partial charge in [-0.05, 0) is 42.5 Å². The number of nitrogens with zero attached hydrogens (tertiary/aromatic N) is 2. The van der Waals surface area contributed by atoms with Crippen molar-refractivity contribution in [1.29, 1.82) is 0 Å². The summed E-state index contributed by atoms with van der Waals surface area (Å²) in [5.74, 6) is 1.35. The van der Waals surface area contributed by atoms with E-state index in [9.17, 15) is 4.39 Å². The zero-order valence-corrected chi connectivity index (χ0v) is 17.3. The minimum atomic E-state index is -0.419. The van der Waals surface area contributed by atoms with Gasteiger partial charge < -0.3 is 9.47 Å². The number of rotatable bonds is 3. The largest absolute Gasteiger partial charge is 0.497 e. The fourth-order valence-corrected chi connectivity index (χ4v) is 4.26. The van der Waals surface area contributed by atoms with Crippen LogP contribution in [0.15, 0.2) is 76.3 Å². The summed E-state index contributed by atoms with van der Waals surface area (Å²) in [4.78, 5) is 0. The minimum absolute atomic E-state index is 0.0347. The van der Waals surface area contributed by atoms with E-state index in [1.165, 1.54) is 12.1 Å². The maximum absolute atomic E-state index is 13.5. The average molecular weight is 453 g/mol. The van der Waals surface area contributed by atoms with Crippen molar-refractivity contribution in [1.82, 2.24) is 5.01 Å². The number of hydrogen-bond donors (Lipinski definition) is 0. The second kappa shape index (κ2) is 7.19. The van der Waals surface area contributed by atoms with Gasteiger partial charge >= 0.3 is 0 Å². The van der Waals surface area contributed by atoms with Crippen molar-refractivity contribution in [3.63, 3.8) is 0 Å². The molecule has 146 valence electrons. The fraction of sp³-hybridized carbons (Fsp3) is 0.174. The summed E-state index contributed by atoms with van der Waals surface area (Å²) in [6, 6.07) is 20.4. The molecule has 2 heterocycles. The highest BCUT2D eigenvalue weighted by Crippen LogP contribution is 2.48. The molecule has 2 aliphatic heterocycles. The molecule has 0 saturated carbocycles. The van der Waals surface area contributed by atoms with Gasteiger partial charge in [-0.15, -0.1) is 0 Å².